The Kier molecular flexibility index (Phi) is 6.36. The highest BCUT2D eigenvalue weighted by Crippen LogP contribution is 2.22. The first-order valence-electron chi connectivity index (χ1n) is 9.35. The van der Waals surface area contributed by atoms with Gasteiger partial charge >= 0.3 is 0 Å². The van der Waals surface area contributed by atoms with Gasteiger partial charge in [-0.25, -0.2) is 0 Å². The number of para-hydroxylation sites is 1. The van der Waals surface area contributed by atoms with Crippen LogP contribution in [0.2, 0.25) is 0 Å². The van der Waals surface area contributed by atoms with Crippen molar-refractivity contribution in [3.05, 3.63) is 65.4 Å². The standard InChI is InChI=1S/C22H28N4O/c1-16-7-6-9-19-21(16)18(15-26-19)12-14-25-22(23-2)24-13-11-17-8-4-5-10-20(17)27-3/h4-10,15,26H,11-14H2,1-3H3,(H2,23,24,25). The highest BCUT2D eigenvalue weighted by atomic mass is 16.5. The monoisotopic (exact) mass is 364 g/mol. The Morgan fingerprint density at radius 1 is 1.00 bits per heavy atom. The summed E-state index contributed by atoms with van der Waals surface area (Å²) in [5.41, 5.74) is 5.03. The van der Waals surface area contributed by atoms with Gasteiger partial charge in [0.2, 0.25) is 0 Å². The number of nitrogens with zero attached hydrogens (tertiary/aromatic N) is 1. The zero-order valence-corrected chi connectivity index (χ0v) is 16.3. The Morgan fingerprint density at radius 2 is 1.74 bits per heavy atom. The summed E-state index contributed by atoms with van der Waals surface area (Å²) in [7, 11) is 3.51. The van der Waals surface area contributed by atoms with Gasteiger partial charge < -0.3 is 20.4 Å². The smallest absolute Gasteiger partial charge is 0.190 e. The maximum atomic E-state index is 5.40. The van der Waals surface area contributed by atoms with Crippen molar-refractivity contribution in [3.63, 3.8) is 0 Å². The van der Waals surface area contributed by atoms with Crippen molar-refractivity contribution < 1.29 is 4.74 Å². The van der Waals surface area contributed by atoms with Crippen LogP contribution in [0.1, 0.15) is 16.7 Å². The van der Waals surface area contributed by atoms with Crippen molar-refractivity contribution in [2.75, 3.05) is 27.2 Å². The molecule has 0 saturated heterocycles. The molecule has 0 spiro atoms. The van der Waals surface area contributed by atoms with Gasteiger partial charge in [-0.3, -0.25) is 4.99 Å². The zero-order valence-electron chi connectivity index (χ0n) is 16.3. The number of guanidine groups is 1. The molecule has 3 N–H and O–H groups in total. The van der Waals surface area contributed by atoms with Gasteiger partial charge in [0, 0.05) is 37.2 Å². The van der Waals surface area contributed by atoms with E-state index < -0.39 is 0 Å². The van der Waals surface area contributed by atoms with Crippen LogP contribution >= 0.6 is 0 Å². The molecule has 5 heteroatoms. The third-order valence-corrected chi connectivity index (χ3v) is 4.79. The van der Waals surface area contributed by atoms with Gasteiger partial charge in [0.05, 0.1) is 7.11 Å². The van der Waals surface area contributed by atoms with E-state index in [-0.39, 0.29) is 0 Å². The van der Waals surface area contributed by atoms with Crippen molar-refractivity contribution in [2.45, 2.75) is 19.8 Å². The Bertz CT molecular complexity index is 914. The van der Waals surface area contributed by atoms with Gasteiger partial charge in [0.15, 0.2) is 5.96 Å². The van der Waals surface area contributed by atoms with E-state index in [0.717, 1.165) is 37.6 Å². The first-order chi connectivity index (χ1) is 13.2. The predicted octanol–water partition coefficient (Wildman–Crippen LogP) is 3.44. The van der Waals surface area contributed by atoms with E-state index in [2.05, 4.69) is 58.0 Å². The summed E-state index contributed by atoms with van der Waals surface area (Å²) in [5.74, 6) is 1.75. The van der Waals surface area contributed by atoms with Crippen molar-refractivity contribution >= 4 is 16.9 Å². The van der Waals surface area contributed by atoms with Gasteiger partial charge in [-0.15, -0.1) is 0 Å². The fraction of sp³-hybridized carbons (Fsp3) is 0.318. The Morgan fingerprint density at radius 3 is 2.48 bits per heavy atom. The number of aliphatic imine (C=N–C) groups is 1. The average molecular weight is 364 g/mol. The number of aromatic amines is 1. The maximum absolute atomic E-state index is 5.40. The summed E-state index contributed by atoms with van der Waals surface area (Å²) in [6.07, 6.45) is 3.93. The van der Waals surface area contributed by atoms with E-state index in [1.165, 1.54) is 27.6 Å². The Hall–Kier alpha value is -2.95. The van der Waals surface area contributed by atoms with Crippen molar-refractivity contribution in [1.29, 1.82) is 0 Å². The van der Waals surface area contributed by atoms with Crippen molar-refractivity contribution in [2.24, 2.45) is 4.99 Å². The van der Waals surface area contributed by atoms with Crippen LogP contribution in [0.4, 0.5) is 0 Å². The quantitative estimate of drug-likeness (QED) is 0.445. The summed E-state index contributed by atoms with van der Waals surface area (Å²) in [6.45, 7) is 3.79. The second kappa shape index (κ2) is 9.12. The summed E-state index contributed by atoms with van der Waals surface area (Å²) in [6, 6.07) is 14.5. The van der Waals surface area contributed by atoms with E-state index in [9.17, 15) is 0 Å². The van der Waals surface area contributed by atoms with Crippen LogP contribution in [-0.2, 0) is 12.8 Å². The summed E-state index contributed by atoms with van der Waals surface area (Å²) in [5, 5.41) is 8.11. The van der Waals surface area contributed by atoms with E-state index in [0.29, 0.717) is 0 Å². The number of aryl methyl sites for hydroxylation is 1. The lowest BCUT2D eigenvalue weighted by molar-refractivity contribution is 0.409. The number of methoxy groups -OCH3 is 1. The fourth-order valence-electron chi connectivity index (χ4n) is 3.41. The second-order valence-electron chi connectivity index (χ2n) is 6.55. The number of rotatable bonds is 7. The molecule has 0 unspecified atom stereocenters. The van der Waals surface area contributed by atoms with Crippen LogP contribution < -0.4 is 15.4 Å². The molecule has 27 heavy (non-hydrogen) atoms. The van der Waals surface area contributed by atoms with Gasteiger partial charge in [-0.2, -0.15) is 0 Å². The van der Waals surface area contributed by atoms with E-state index >= 15 is 0 Å². The summed E-state index contributed by atoms with van der Waals surface area (Å²) < 4.78 is 5.40. The van der Waals surface area contributed by atoms with E-state index in [1.54, 1.807) is 14.2 Å². The van der Waals surface area contributed by atoms with E-state index in [1.807, 2.05) is 18.2 Å². The minimum atomic E-state index is 0.798. The lowest BCUT2D eigenvalue weighted by Gasteiger charge is -2.13. The van der Waals surface area contributed by atoms with Crippen molar-refractivity contribution in [1.82, 2.24) is 15.6 Å². The first-order valence-corrected chi connectivity index (χ1v) is 9.35. The average Bonchev–Trinajstić information content (AvgIpc) is 3.11. The molecule has 142 valence electrons. The number of aromatic nitrogens is 1. The molecule has 0 aliphatic carbocycles. The van der Waals surface area contributed by atoms with Crippen LogP contribution in [0.25, 0.3) is 10.9 Å². The lowest BCUT2D eigenvalue weighted by Crippen LogP contribution is -2.39. The molecule has 0 radical (unpaired) electrons. The number of fused-ring (bicyclic) bond motifs is 1. The number of nitrogens with one attached hydrogen (secondary N) is 3. The molecule has 0 amide bonds. The fourth-order valence-corrected chi connectivity index (χ4v) is 3.41. The maximum Gasteiger partial charge on any atom is 0.190 e. The van der Waals surface area contributed by atoms with Crippen molar-refractivity contribution in [3.8, 4) is 5.75 Å². The van der Waals surface area contributed by atoms with Gasteiger partial charge in [-0.1, -0.05) is 30.3 Å². The molecular formula is C22H28N4O. The summed E-state index contributed by atoms with van der Waals surface area (Å²) >= 11 is 0. The molecular weight excluding hydrogens is 336 g/mol. The highest BCUT2D eigenvalue weighted by Gasteiger charge is 2.07. The van der Waals surface area contributed by atoms with Crippen LogP contribution in [0, 0.1) is 6.92 Å². The third kappa shape index (κ3) is 4.61. The highest BCUT2D eigenvalue weighted by molar-refractivity contribution is 5.86. The number of ether oxygens (including phenoxy) is 1. The first kappa shape index (κ1) is 18.8. The third-order valence-electron chi connectivity index (χ3n) is 4.79. The number of benzene rings is 2. The zero-order chi connectivity index (χ0) is 19.1. The molecule has 0 bridgehead atoms. The summed E-state index contributed by atoms with van der Waals surface area (Å²) in [4.78, 5) is 7.67. The normalized spacial score (nSPS) is 11.6. The van der Waals surface area contributed by atoms with E-state index in [4.69, 9.17) is 4.74 Å². The largest absolute Gasteiger partial charge is 0.496 e. The van der Waals surface area contributed by atoms with Crippen LogP contribution in [0.5, 0.6) is 5.75 Å². The minimum absolute atomic E-state index is 0.798. The lowest BCUT2D eigenvalue weighted by atomic mass is 10.1. The molecule has 0 aliphatic rings. The molecule has 1 aromatic heterocycles. The molecule has 5 nitrogen and oxygen atoms in total. The molecule has 2 aromatic carbocycles. The van der Waals surface area contributed by atoms with Crippen LogP contribution in [0.15, 0.2) is 53.7 Å². The number of H-pyrrole nitrogens is 1. The van der Waals surface area contributed by atoms with Crippen LogP contribution in [0.3, 0.4) is 0 Å². The number of hydrogen-bond donors (Lipinski definition) is 3. The van der Waals surface area contributed by atoms with Gasteiger partial charge in [-0.05, 0) is 48.6 Å². The SMILES string of the molecule is CN=C(NCCc1ccccc1OC)NCCc1c[nH]c2cccc(C)c12. The predicted molar refractivity (Wildman–Crippen MR) is 113 cm³/mol. The molecule has 3 aromatic rings. The minimum Gasteiger partial charge on any atom is -0.496 e. The van der Waals surface area contributed by atoms with Gasteiger partial charge in [0.25, 0.3) is 0 Å². The van der Waals surface area contributed by atoms with Crippen LogP contribution in [-0.4, -0.2) is 38.2 Å². The molecule has 0 fully saturated rings. The topological polar surface area (TPSA) is 61.4 Å². The molecule has 0 atom stereocenters. The Labute approximate surface area is 160 Å². The Balaban J connectivity index is 1.49. The molecule has 1 heterocycles. The molecule has 3 rings (SSSR count). The second-order valence-corrected chi connectivity index (χ2v) is 6.55. The van der Waals surface area contributed by atoms with Gasteiger partial charge in [0.1, 0.15) is 5.75 Å². The number of hydrogen-bond acceptors (Lipinski definition) is 2. The molecule has 0 aliphatic heterocycles. The molecule has 0 saturated carbocycles.